The van der Waals surface area contributed by atoms with Gasteiger partial charge in [-0.15, -0.1) is 0 Å². The number of piperidine rings is 1. The molecule has 0 saturated carbocycles. The molecule has 0 aromatic carbocycles. The molecular weight excluding hydrogens is 302 g/mol. The van der Waals surface area contributed by atoms with Gasteiger partial charge in [0, 0.05) is 31.0 Å². The molecule has 3 rings (SSSR count). The second kappa shape index (κ2) is 6.73. The summed E-state index contributed by atoms with van der Waals surface area (Å²) in [5, 5.41) is 4.42. The fourth-order valence-electron chi connectivity index (χ4n) is 3.41. The van der Waals surface area contributed by atoms with Crippen molar-refractivity contribution in [2.24, 2.45) is 11.7 Å². The molecular formula is C18H25N5O. The zero-order valence-corrected chi connectivity index (χ0v) is 14.6. The normalized spacial score (nSPS) is 21.1. The third-order valence-corrected chi connectivity index (χ3v) is 4.73. The van der Waals surface area contributed by atoms with Crippen molar-refractivity contribution < 1.29 is 4.79 Å². The summed E-state index contributed by atoms with van der Waals surface area (Å²) < 4.78 is 1.79. The molecule has 1 saturated heterocycles. The smallest absolute Gasteiger partial charge is 0.255 e. The van der Waals surface area contributed by atoms with Gasteiger partial charge in [-0.2, -0.15) is 5.10 Å². The maximum Gasteiger partial charge on any atom is 0.255 e. The summed E-state index contributed by atoms with van der Waals surface area (Å²) in [5.41, 5.74) is 8.44. The summed E-state index contributed by atoms with van der Waals surface area (Å²) in [6.07, 6.45) is 3.64. The Bertz CT molecular complexity index is 722. The molecule has 1 aliphatic heterocycles. The van der Waals surface area contributed by atoms with Crippen molar-refractivity contribution in [3.63, 3.8) is 0 Å². The van der Waals surface area contributed by atoms with Gasteiger partial charge in [-0.1, -0.05) is 6.92 Å². The van der Waals surface area contributed by atoms with Crippen molar-refractivity contribution in [2.75, 3.05) is 13.1 Å². The minimum atomic E-state index is 0.0183. The molecule has 2 N–H and O–H groups in total. The van der Waals surface area contributed by atoms with E-state index >= 15 is 0 Å². The molecule has 2 aromatic rings. The molecule has 128 valence electrons. The molecule has 0 radical (unpaired) electrons. The van der Waals surface area contributed by atoms with E-state index in [1.165, 1.54) is 0 Å². The number of nitrogens with two attached hydrogens (primary N) is 1. The number of carbonyl (C=O) groups is 1. The third-order valence-electron chi connectivity index (χ3n) is 4.73. The van der Waals surface area contributed by atoms with Gasteiger partial charge in [0.1, 0.15) is 0 Å². The van der Waals surface area contributed by atoms with E-state index in [0.717, 1.165) is 36.6 Å². The first-order valence-electron chi connectivity index (χ1n) is 8.50. The Morgan fingerprint density at radius 2 is 2.17 bits per heavy atom. The molecule has 0 aliphatic carbocycles. The molecule has 2 atom stereocenters. The summed E-state index contributed by atoms with van der Waals surface area (Å²) in [5.74, 6) is 1.36. The number of aryl methyl sites for hydroxylation is 2. The summed E-state index contributed by atoms with van der Waals surface area (Å²) in [7, 11) is 0. The molecule has 1 fully saturated rings. The van der Waals surface area contributed by atoms with Crippen molar-refractivity contribution in [3.05, 3.63) is 41.3 Å². The zero-order chi connectivity index (χ0) is 17.3. The molecule has 24 heavy (non-hydrogen) atoms. The van der Waals surface area contributed by atoms with Crippen LogP contribution in [-0.2, 0) is 0 Å². The number of likely N-dealkylation sites (tertiary alicyclic amines) is 1. The highest BCUT2D eigenvalue weighted by Gasteiger charge is 2.29. The maximum atomic E-state index is 12.8. The first kappa shape index (κ1) is 16.6. The van der Waals surface area contributed by atoms with Gasteiger partial charge in [0.15, 0.2) is 5.82 Å². The Labute approximate surface area is 142 Å². The molecule has 6 heteroatoms. The van der Waals surface area contributed by atoms with Crippen molar-refractivity contribution in [2.45, 2.75) is 39.7 Å². The van der Waals surface area contributed by atoms with Gasteiger partial charge < -0.3 is 10.6 Å². The molecule has 2 unspecified atom stereocenters. The van der Waals surface area contributed by atoms with Gasteiger partial charge in [0.25, 0.3) is 5.91 Å². The van der Waals surface area contributed by atoms with Crippen molar-refractivity contribution in [1.29, 1.82) is 0 Å². The van der Waals surface area contributed by atoms with E-state index < -0.39 is 0 Å². The lowest BCUT2D eigenvalue weighted by atomic mass is 9.92. The van der Waals surface area contributed by atoms with Crippen molar-refractivity contribution in [3.8, 4) is 5.82 Å². The average molecular weight is 327 g/mol. The number of amides is 1. The summed E-state index contributed by atoms with van der Waals surface area (Å²) in [4.78, 5) is 19.1. The zero-order valence-electron chi connectivity index (χ0n) is 14.6. The lowest BCUT2D eigenvalue weighted by Crippen LogP contribution is -2.49. The molecule has 0 spiro atoms. The van der Waals surface area contributed by atoms with E-state index in [-0.39, 0.29) is 11.9 Å². The van der Waals surface area contributed by atoms with Crippen LogP contribution in [0.15, 0.2) is 24.4 Å². The SMILES string of the molecule is Cc1cc(C)n(-c2ccc(C(=O)N3CCC(C)CC3CN)cn2)n1. The number of hydrogen-bond donors (Lipinski definition) is 1. The van der Waals surface area contributed by atoms with E-state index in [2.05, 4.69) is 17.0 Å². The molecule has 0 bridgehead atoms. The van der Waals surface area contributed by atoms with Gasteiger partial charge in [0.05, 0.1) is 11.3 Å². The molecule has 1 amide bonds. The van der Waals surface area contributed by atoms with E-state index in [1.807, 2.05) is 36.9 Å². The summed E-state index contributed by atoms with van der Waals surface area (Å²) in [6.45, 7) is 7.43. The quantitative estimate of drug-likeness (QED) is 0.936. The molecule has 2 aromatic heterocycles. The Kier molecular flexibility index (Phi) is 4.66. The topological polar surface area (TPSA) is 77.0 Å². The van der Waals surface area contributed by atoms with Crippen LogP contribution in [0.2, 0.25) is 0 Å². The van der Waals surface area contributed by atoms with Crippen molar-refractivity contribution >= 4 is 5.91 Å². The fraction of sp³-hybridized carbons (Fsp3) is 0.500. The van der Waals surface area contributed by atoms with Crippen LogP contribution in [0.1, 0.15) is 41.5 Å². The fourth-order valence-corrected chi connectivity index (χ4v) is 3.41. The lowest BCUT2D eigenvalue weighted by Gasteiger charge is -2.38. The number of hydrogen-bond acceptors (Lipinski definition) is 4. The summed E-state index contributed by atoms with van der Waals surface area (Å²) >= 11 is 0. The molecule has 3 heterocycles. The number of nitrogens with zero attached hydrogens (tertiary/aromatic N) is 4. The number of pyridine rings is 1. The molecule has 1 aliphatic rings. The monoisotopic (exact) mass is 327 g/mol. The van der Waals surface area contributed by atoms with Gasteiger partial charge >= 0.3 is 0 Å². The van der Waals surface area contributed by atoms with Gasteiger partial charge in [-0.05, 0) is 50.8 Å². The Balaban J connectivity index is 1.80. The second-order valence-electron chi connectivity index (χ2n) is 6.76. The average Bonchev–Trinajstić information content (AvgIpc) is 2.92. The standard InChI is InChI=1S/C18H25N5O/c1-12-6-7-22(16(8-12)10-19)18(24)15-4-5-17(20-11-15)23-14(3)9-13(2)21-23/h4-5,9,11-12,16H,6-8,10,19H2,1-3H3. The highest BCUT2D eigenvalue weighted by atomic mass is 16.2. The van der Waals surface area contributed by atoms with Gasteiger partial charge in [-0.25, -0.2) is 9.67 Å². The van der Waals surface area contributed by atoms with E-state index in [4.69, 9.17) is 5.73 Å². The first-order chi connectivity index (χ1) is 11.5. The maximum absolute atomic E-state index is 12.8. The van der Waals surface area contributed by atoms with E-state index in [0.29, 0.717) is 18.0 Å². The second-order valence-corrected chi connectivity index (χ2v) is 6.76. The number of aromatic nitrogens is 3. The van der Waals surface area contributed by atoms with Crippen LogP contribution in [0.25, 0.3) is 5.82 Å². The van der Waals surface area contributed by atoms with Gasteiger partial charge in [0.2, 0.25) is 0 Å². The Morgan fingerprint density at radius 1 is 1.38 bits per heavy atom. The van der Waals surface area contributed by atoms with Crippen LogP contribution >= 0.6 is 0 Å². The highest BCUT2D eigenvalue weighted by Crippen LogP contribution is 2.23. The highest BCUT2D eigenvalue weighted by molar-refractivity contribution is 5.94. The molecule has 6 nitrogen and oxygen atoms in total. The van der Waals surface area contributed by atoms with Gasteiger partial charge in [-0.3, -0.25) is 4.79 Å². The van der Waals surface area contributed by atoms with Crippen molar-refractivity contribution in [1.82, 2.24) is 19.7 Å². The van der Waals surface area contributed by atoms with E-state index in [9.17, 15) is 4.79 Å². The van der Waals surface area contributed by atoms with E-state index in [1.54, 1.807) is 10.9 Å². The van der Waals surface area contributed by atoms with Crippen LogP contribution in [0.5, 0.6) is 0 Å². The lowest BCUT2D eigenvalue weighted by molar-refractivity contribution is 0.0573. The Hall–Kier alpha value is -2.21. The minimum absolute atomic E-state index is 0.0183. The number of rotatable bonds is 3. The predicted octanol–water partition coefficient (Wildman–Crippen LogP) is 2.08. The van der Waals surface area contributed by atoms with Crippen LogP contribution in [0.3, 0.4) is 0 Å². The Morgan fingerprint density at radius 3 is 2.75 bits per heavy atom. The van der Waals surface area contributed by atoms with Crippen LogP contribution in [0.4, 0.5) is 0 Å². The van der Waals surface area contributed by atoms with Crippen LogP contribution < -0.4 is 5.73 Å². The van der Waals surface area contributed by atoms with Crippen LogP contribution in [-0.4, -0.2) is 44.7 Å². The number of carbonyl (C=O) groups excluding carboxylic acids is 1. The largest absolute Gasteiger partial charge is 0.334 e. The third kappa shape index (κ3) is 3.19. The minimum Gasteiger partial charge on any atom is -0.334 e. The first-order valence-corrected chi connectivity index (χ1v) is 8.50. The predicted molar refractivity (Wildman–Crippen MR) is 93.1 cm³/mol. The summed E-state index contributed by atoms with van der Waals surface area (Å²) in [6, 6.07) is 5.79. The van der Waals surface area contributed by atoms with Crippen LogP contribution in [0, 0.1) is 19.8 Å².